The van der Waals surface area contributed by atoms with Crippen LogP contribution in [0.3, 0.4) is 0 Å². The van der Waals surface area contributed by atoms with E-state index in [-0.39, 0.29) is 6.54 Å². The lowest BCUT2D eigenvalue weighted by molar-refractivity contribution is -0.141. The first kappa shape index (κ1) is 16.3. The van der Waals surface area contributed by atoms with E-state index in [9.17, 15) is 18.3 Å². The van der Waals surface area contributed by atoms with Gasteiger partial charge >= 0.3 is 6.18 Å². The van der Waals surface area contributed by atoms with Crippen LogP contribution in [-0.2, 0) is 0 Å². The number of rotatable bonds is 5. The number of nitrogens with one attached hydrogen (secondary N) is 1. The Morgan fingerprint density at radius 1 is 1.10 bits per heavy atom. The minimum absolute atomic E-state index is 0.211. The van der Waals surface area contributed by atoms with Crippen molar-refractivity contribution in [3.63, 3.8) is 0 Å². The largest absolute Gasteiger partial charge is 0.390 e. The first-order chi connectivity index (χ1) is 9.88. The summed E-state index contributed by atoms with van der Waals surface area (Å²) in [5, 5.41) is 13.4. The normalized spacial score (nSPS) is 20.2. The molecule has 2 rings (SSSR count). The van der Waals surface area contributed by atoms with Gasteiger partial charge in [-0.3, -0.25) is 0 Å². The molecule has 21 heavy (non-hydrogen) atoms. The summed E-state index contributed by atoms with van der Waals surface area (Å²) in [6.45, 7) is 0.211. The molecule has 1 aliphatic rings. The van der Waals surface area contributed by atoms with Gasteiger partial charge in [0.05, 0.1) is 12.0 Å². The summed E-state index contributed by atoms with van der Waals surface area (Å²) >= 11 is 0. The highest BCUT2D eigenvalue weighted by molar-refractivity contribution is 5.19. The van der Waals surface area contributed by atoms with Crippen LogP contribution in [0.15, 0.2) is 30.3 Å². The molecule has 2 N–H and O–H groups in total. The van der Waals surface area contributed by atoms with Gasteiger partial charge in [0.25, 0.3) is 0 Å². The molecule has 5 heteroatoms. The molecule has 1 aromatic rings. The SMILES string of the molecule is OC1(CNC(CC(F)(F)F)c2ccccc2)CCCCC1. The summed E-state index contributed by atoms with van der Waals surface area (Å²) in [4.78, 5) is 0. The minimum atomic E-state index is -4.23. The Morgan fingerprint density at radius 2 is 1.71 bits per heavy atom. The molecule has 1 atom stereocenters. The van der Waals surface area contributed by atoms with Crippen molar-refractivity contribution in [1.82, 2.24) is 5.32 Å². The summed E-state index contributed by atoms with van der Waals surface area (Å²) in [6.07, 6.45) is -0.870. The second kappa shape index (κ2) is 6.79. The molecule has 0 amide bonds. The molecule has 0 aliphatic heterocycles. The second-order valence-corrected chi connectivity index (χ2v) is 5.95. The maximum Gasteiger partial charge on any atom is 0.390 e. The highest BCUT2D eigenvalue weighted by atomic mass is 19.4. The van der Waals surface area contributed by atoms with Gasteiger partial charge in [-0.25, -0.2) is 0 Å². The van der Waals surface area contributed by atoms with Crippen LogP contribution < -0.4 is 5.32 Å². The van der Waals surface area contributed by atoms with Crippen LogP contribution in [-0.4, -0.2) is 23.4 Å². The van der Waals surface area contributed by atoms with Gasteiger partial charge in [-0.05, 0) is 18.4 Å². The van der Waals surface area contributed by atoms with E-state index >= 15 is 0 Å². The zero-order valence-electron chi connectivity index (χ0n) is 12.0. The first-order valence-corrected chi connectivity index (χ1v) is 7.45. The highest BCUT2D eigenvalue weighted by Crippen LogP contribution is 2.32. The van der Waals surface area contributed by atoms with Crippen molar-refractivity contribution in [2.45, 2.75) is 56.3 Å². The van der Waals surface area contributed by atoms with Crippen molar-refractivity contribution in [3.8, 4) is 0 Å². The quantitative estimate of drug-likeness (QED) is 0.862. The monoisotopic (exact) mass is 301 g/mol. The zero-order chi connectivity index (χ0) is 15.3. The number of hydrogen-bond acceptors (Lipinski definition) is 2. The van der Waals surface area contributed by atoms with E-state index in [0.717, 1.165) is 19.3 Å². The third-order valence-electron chi connectivity index (χ3n) is 4.10. The molecule has 0 heterocycles. The molecular weight excluding hydrogens is 279 g/mol. The molecule has 1 fully saturated rings. The molecule has 118 valence electrons. The Balaban J connectivity index is 2.02. The number of hydrogen-bond donors (Lipinski definition) is 2. The maximum absolute atomic E-state index is 12.7. The Bertz CT molecular complexity index is 427. The average molecular weight is 301 g/mol. The smallest absolute Gasteiger partial charge is 0.389 e. The molecule has 0 spiro atoms. The maximum atomic E-state index is 12.7. The number of halogens is 3. The molecule has 1 aromatic carbocycles. The fraction of sp³-hybridized carbons (Fsp3) is 0.625. The molecule has 2 nitrogen and oxygen atoms in total. The predicted molar refractivity (Wildman–Crippen MR) is 75.9 cm³/mol. The summed E-state index contributed by atoms with van der Waals surface area (Å²) in [5.41, 5.74) is -0.258. The topological polar surface area (TPSA) is 32.3 Å². The summed E-state index contributed by atoms with van der Waals surface area (Å²) < 4.78 is 38.2. The zero-order valence-corrected chi connectivity index (χ0v) is 12.0. The molecule has 1 unspecified atom stereocenters. The van der Waals surface area contributed by atoms with E-state index in [1.54, 1.807) is 30.3 Å². The van der Waals surface area contributed by atoms with E-state index in [1.165, 1.54) is 0 Å². The molecule has 1 saturated carbocycles. The number of aliphatic hydroxyl groups is 1. The summed E-state index contributed by atoms with van der Waals surface area (Å²) in [7, 11) is 0. The third kappa shape index (κ3) is 5.32. The molecule has 0 bridgehead atoms. The van der Waals surface area contributed by atoms with Crippen LogP contribution in [0, 0.1) is 0 Å². The Hall–Kier alpha value is -1.07. The lowest BCUT2D eigenvalue weighted by atomic mass is 9.84. The van der Waals surface area contributed by atoms with E-state index in [1.807, 2.05) is 0 Å². The van der Waals surface area contributed by atoms with Crippen molar-refractivity contribution in [2.75, 3.05) is 6.54 Å². The molecule has 0 radical (unpaired) electrons. The Labute approximate surface area is 123 Å². The summed E-state index contributed by atoms with van der Waals surface area (Å²) in [5.74, 6) is 0. The van der Waals surface area contributed by atoms with Crippen LogP contribution >= 0.6 is 0 Å². The Kier molecular flexibility index (Phi) is 5.27. The molecular formula is C16H22F3NO. The number of alkyl halides is 3. The van der Waals surface area contributed by atoms with Crippen molar-refractivity contribution in [1.29, 1.82) is 0 Å². The molecule has 1 aliphatic carbocycles. The van der Waals surface area contributed by atoms with Gasteiger partial charge < -0.3 is 10.4 Å². The van der Waals surface area contributed by atoms with Crippen LogP contribution in [0.1, 0.15) is 50.1 Å². The van der Waals surface area contributed by atoms with Gasteiger partial charge in [0.1, 0.15) is 0 Å². The van der Waals surface area contributed by atoms with Crippen molar-refractivity contribution in [3.05, 3.63) is 35.9 Å². The number of benzene rings is 1. The molecule has 0 saturated heterocycles. The fourth-order valence-electron chi connectivity index (χ4n) is 2.92. The van der Waals surface area contributed by atoms with E-state index in [2.05, 4.69) is 5.32 Å². The third-order valence-corrected chi connectivity index (χ3v) is 4.10. The van der Waals surface area contributed by atoms with Crippen LogP contribution in [0.5, 0.6) is 0 Å². The standard InChI is InChI=1S/C16H22F3NO/c17-16(18,19)11-14(13-7-3-1-4-8-13)20-12-15(21)9-5-2-6-10-15/h1,3-4,7-8,14,20-21H,2,5-6,9-12H2. The van der Waals surface area contributed by atoms with Gasteiger partial charge in [0, 0.05) is 12.6 Å². The van der Waals surface area contributed by atoms with Crippen LogP contribution in [0.4, 0.5) is 13.2 Å². The van der Waals surface area contributed by atoms with Gasteiger partial charge in [-0.15, -0.1) is 0 Å². The van der Waals surface area contributed by atoms with Crippen molar-refractivity contribution < 1.29 is 18.3 Å². The van der Waals surface area contributed by atoms with Crippen LogP contribution in [0.2, 0.25) is 0 Å². The van der Waals surface area contributed by atoms with Crippen molar-refractivity contribution in [2.24, 2.45) is 0 Å². The fourth-order valence-corrected chi connectivity index (χ4v) is 2.92. The van der Waals surface area contributed by atoms with Gasteiger partial charge in [0.15, 0.2) is 0 Å². The Morgan fingerprint density at radius 3 is 2.29 bits per heavy atom. The second-order valence-electron chi connectivity index (χ2n) is 5.95. The average Bonchev–Trinajstić information content (AvgIpc) is 2.44. The predicted octanol–water partition coefficient (Wildman–Crippen LogP) is 3.96. The summed E-state index contributed by atoms with van der Waals surface area (Å²) in [6, 6.07) is 7.81. The van der Waals surface area contributed by atoms with Gasteiger partial charge in [0.2, 0.25) is 0 Å². The first-order valence-electron chi connectivity index (χ1n) is 7.45. The van der Waals surface area contributed by atoms with Gasteiger partial charge in [-0.2, -0.15) is 13.2 Å². The van der Waals surface area contributed by atoms with E-state index < -0.39 is 24.2 Å². The minimum Gasteiger partial charge on any atom is -0.389 e. The van der Waals surface area contributed by atoms with E-state index in [4.69, 9.17) is 0 Å². The lowest BCUT2D eigenvalue weighted by Crippen LogP contribution is -2.44. The van der Waals surface area contributed by atoms with E-state index in [0.29, 0.717) is 18.4 Å². The lowest BCUT2D eigenvalue weighted by Gasteiger charge is -2.34. The highest BCUT2D eigenvalue weighted by Gasteiger charge is 2.35. The van der Waals surface area contributed by atoms with Crippen molar-refractivity contribution >= 4 is 0 Å². The van der Waals surface area contributed by atoms with Gasteiger partial charge in [-0.1, -0.05) is 49.6 Å². The van der Waals surface area contributed by atoms with Crippen LogP contribution in [0.25, 0.3) is 0 Å². The molecule has 0 aromatic heterocycles.